The van der Waals surface area contributed by atoms with Crippen LogP contribution in [0.25, 0.3) is 0 Å². The molecule has 0 aromatic heterocycles. The third kappa shape index (κ3) is 7.95. The third-order valence-corrected chi connectivity index (χ3v) is 7.24. The van der Waals surface area contributed by atoms with Crippen LogP contribution in [0.3, 0.4) is 0 Å². The van der Waals surface area contributed by atoms with E-state index in [2.05, 4.69) is 26.5 Å². The fourth-order valence-corrected chi connectivity index (χ4v) is 5.01. The van der Waals surface area contributed by atoms with Crippen molar-refractivity contribution in [2.45, 2.75) is 20.5 Å². The van der Waals surface area contributed by atoms with Gasteiger partial charge in [-0.3, -0.25) is 9.10 Å². The van der Waals surface area contributed by atoms with Gasteiger partial charge in [0.1, 0.15) is 13.2 Å². The highest BCUT2D eigenvalue weighted by Crippen LogP contribution is 2.37. The Balaban J connectivity index is 1.69. The summed E-state index contributed by atoms with van der Waals surface area (Å²) in [6.07, 6.45) is 2.49. The monoisotopic (exact) mass is 607 g/mol. The number of methoxy groups -OCH3 is 1. The van der Waals surface area contributed by atoms with Gasteiger partial charge in [0.2, 0.25) is 10.0 Å². The van der Waals surface area contributed by atoms with E-state index < -0.39 is 22.5 Å². The number of hydrazone groups is 1. The van der Waals surface area contributed by atoms with Crippen molar-refractivity contribution in [1.82, 2.24) is 5.43 Å². The summed E-state index contributed by atoms with van der Waals surface area (Å²) in [6, 6.07) is 16.2. The molecule has 0 atom stereocenters. The Hall–Kier alpha value is -3.08. The molecule has 0 saturated carbocycles. The van der Waals surface area contributed by atoms with Crippen LogP contribution in [-0.2, 0) is 21.4 Å². The van der Waals surface area contributed by atoms with E-state index in [-0.39, 0.29) is 0 Å². The fraction of sp³-hybridized carbons (Fsp3) is 0.231. The number of anilines is 1. The predicted molar refractivity (Wildman–Crippen MR) is 150 cm³/mol. The highest BCUT2D eigenvalue weighted by molar-refractivity contribution is 9.10. The first-order valence-electron chi connectivity index (χ1n) is 11.1. The van der Waals surface area contributed by atoms with Crippen LogP contribution in [0.5, 0.6) is 11.5 Å². The van der Waals surface area contributed by atoms with E-state index in [9.17, 15) is 13.2 Å². The van der Waals surface area contributed by atoms with Crippen LogP contribution in [-0.4, -0.2) is 40.4 Å². The maximum Gasteiger partial charge on any atom is 0.260 e. The van der Waals surface area contributed by atoms with Gasteiger partial charge in [-0.2, -0.15) is 5.10 Å². The van der Waals surface area contributed by atoms with Gasteiger partial charge < -0.3 is 9.47 Å². The standard InChI is InChI=1S/C26H27BrClN3O5S/c1-17-5-6-18(2)23(11-17)31(37(4,33)34)15-25(32)30-29-14-20-12-22(27)26(24(13-20)35-3)36-16-19-7-9-21(28)10-8-19/h5-14H,15-16H2,1-4H3,(H,30,32)/b29-14-. The second-order valence-corrected chi connectivity index (χ2v) is 11.5. The molecule has 3 aromatic carbocycles. The van der Waals surface area contributed by atoms with Gasteiger partial charge in [-0.1, -0.05) is 35.9 Å². The lowest BCUT2D eigenvalue weighted by Gasteiger charge is -2.23. The predicted octanol–water partition coefficient (Wildman–Crippen LogP) is 5.22. The number of hydrogen-bond donors (Lipinski definition) is 1. The molecule has 3 aromatic rings. The Kier molecular flexibility index (Phi) is 9.58. The number of hydrogen-bond acceptors (Lipinski definition) is 6. The average Bonchev–Trinajstić information content (AvgIpc) is 2.83. The van der Waals surface area contributed by atoms with Gasteiger partial charge in [0.05, 0.1) is 29.7 Å². The van der Waals surface area contributed by atoms with Crippen LogP contribution in [0, 0.1) is 13.8 Å². The van der Waals surface area contributed by atoms with Crippen LogP contribution in [0.2, 0.25) is 5.02 Å². The molecule has 0 bridgehead atoms. The number of benzene rings is 3. The molecule has 0 spiro atoms. The summed E-state index contributed by atoms with van der Waals surface area (Å²) < 4.78 is 37.9. The van der Waals surface area contributed by atoms with Crippen molar-refractivity contribution in [1.29, 1.82) is 0 Å². The number of nitrogens with zero attached hydrogens (tertiary/aromatic N) is 2. The SMILES string of the molecule is COc1cc(/C=N\NC(=O)CN(c2cc(C)ccc2C)S(C)(=O)=O)cc(Br)c1OCc1ccc(Cl)cc1. The van der Waals surface area contributed by atoms with Gasteiger partial charge in [-0.05, 0) is 82.4 Å². The van der Waals surface area contributed by atoms with E-state index >= 15 is 0 Å². The molecule has 196 valence electrons. The Morgan fingerprint density at radius 2 is 1.84 bits per heavy atom. The van der Waals surface area contributed by atoms with Crippen LogP contribution in [0.4, 0.5) is 5.69 Å². The summed E-state index contributed by atoms with van der Waals surface area (Å²) in [5, 5.41) is 4.63. The Morgan fingerprint density at radius 3 is 2.49 bits per heavy atom. The minimum Gasteiger partial charge on any atom is -0.493 e. The molecule has 0 radical (unpaired) electrons. The lowest BCUT2D eigenvalue weighted by atomic mass is 10.1. The topological polar surface area (TPSA) is 97.3 Å². The van der Waals surface area contributed by atoms with Gasteiger partial charge in [0.25, 0.3) is 5.91 Å². The molecule has 0 aliphatic rings. The molecule has 8 nitrogen and oxygen atoms in total. The molecule has 0 heterocycles. The zero-order valence-corrected chi connectivity index (χ0v) is 23.9. The van der Waals surface area contributed by atoms with Crippen molar-refractivity contribution in [3.63, 3.8) is 0 Å². The van der Waals surface area contributed by atoms with Crippen LogP contribution >= 0.6 is 27.5 Å². The summed E-state index contributed by atoms with van der Waals surface area (Å²) >= 11 is 9.42. The van der Waals surface area contributed by atoms with Gasteiger partial charge in [-0.25, -0.2) is 13.8 Å². The molecular weight excluding hydrogens is 582 g/mol. The second kappa shape index (κ2) is 12.4. The Morgan fingerprint density at radius 1 is 1.14 bits per heavy atom. The molecule has 1 amide bonds. The number of nitrogens with one attached hydrogen (secondary N) is 1. The van der Waals surface area contributed by atoms with Crippen molar-refractivity contribution < 1.29 is 22.7 Å². The van der Waals surface area contributed by atoms with E-state index in [0.29, 0.717) is 38.9 Å². The van der Waals surface area contributed by atoms with E-state index in [1.165, 1.54) is 13.3 Å². The van der Waals surface area contributed by atoms with Crippen molar-refractivity contribution in [2.75, 3.05) is 24.2 Å². The molecule has 3 rings (SSSR count). The number of amides is 1. The zero-order valence-electron chi connectivity index (χ0n) is 20.8. The average molecular weight is 609 g/mol. The highest BCUT2D eigenvalue weighted by Gasteiger charge is 2.22. The van der Waals surface area contributed by atoms with E-state index in [0.717, 1.165) is 27.3 Å². The Bertz CT molecular complexity index is 1410. The first kappa shape index (κ1) is 28.5. The van der Waals surface area contributed by atoms with Crippen LogP contribution < -0.4 is 19.2 Å². The summed E-state index contributed by atoms with van der Waals surface area (Å²) in [6.45, 7) is 3.54. The number of carbonyl (C=O) groups is 1. The number of ether oxygens (including phenoxy) is 2. The molecule has 0 unspecified atom stereocenters. The Labute approximate surface area is 230 Å². The second-order valence-electron chi connectivity index (χ2n) is 8.30. The molecule has 0 saturated heterocycles. The zero-order chi connectivity index (χ0) is 27.2. The number of aryl methyl sites for hydroxylation is 2. The number of halogens is 2. The van der Waals surface area contributed by atoms with E-state index in [1.54, 1.807) is 37.3 Å². The summed E-state index contributed by atoms with van der Waals surface area (Å²) in [7, 11) is -2.18. The molecule has 37 heavy (non-hydrogen) atoms. The van der Waals surface area contributed by atoms with Gasteiger partial charge >= 0.3 is 0 Å². The van der Waals surface area contributed by atoms with Crippen molar-refractivity contribution in [3.8, 4) is 11.5 Å². The maximum absolute atomic E-state index is 12.6. The largest absolute Gasteiger partial charge is 0.493 e. The normalized spacial score (nSPS) is 11.4. The number of sulfonamides is 1. The smallest absolute Gasteiger partial charge is 0.260 e. The molecule has 0 fully saturated rings. The van der Waals surface area contributed by atoms with Crippen molar-refractivity contribution >= 4 is 55.4 Å². The molecule has 0 aliphatic carbocycles. The summed E-state index contributed by atoms with van der Waals surface area (Å²) in [5.74, 6) is 0.391. The highest BCUT2D eigenvalue weighted by atomic mass is 79.9. The molecule has 1 N–H and O–H groups in total. The van der Waals surface area contributed by atoms with Gasteiger partial charge in [0, 0.05) is 5.02 Å². The summed E-state index contributed by atoms with van der Waals surface area (Å²) in [4.78, 5) is 12.6. The van der Waals surface area contributed by atoms with Crippen LogP contribution in [0.15, 0.2) is 64.2 Å². The van der Waals surface area contributed by atoms with Crippen molar-refractivity contribution in [3.05, 3.63) is 86.3 Å². The first-order chi connectivity index (χ1) is 17.5. The summed E-state index contributed by atoms with van der Waals surface area (Å²) in [5.41, 5.74) is 6.02. The lowest BCUT2D eigenvalue weighted by Crippen LogP contribution is -2.39. The number of rotatable bonds is 10. The molecule has 0 aliphatic heterocycles. The van der Waals surface area contributed by atoms with Gasteiger partial charge in [0.15, 0.2) is 11.5 Å². The minimum absolute atomic E-state index is 0.312. The lowest BCUT2D eigenvalue weighted by molar-refractivity contribution is -0.119. The third-order valence-electron chi connectivity index (χ3n) is 5.27. The fourth-order valence-electron chi connectivity index (χ4n) is 3.40. The maximum atomic E-state index is 12.6. The van der Waals surface area contributed by atoms with E-state index in [4.69, 9.17) is 21.1 Å². The van der Waals surface area contributed by atoms with Gasteiger partial charge in [-0.15, -0.1) is 0 Å². The minimum atomic E-state index is -3.70. The van der Waals surface area contributed by atoms with Crippen LogP contribution in [0.1, 0.15) is 22.3 Å². The van der Waals surface area contributed by atoms with Crippen molar-refractivity contribution in [2.24, 2.45) is 5.10 Å². The molecule has 11 heteroatoms. The van der Waals surface area contributed by atoms with E-state index in [1.807, 2.05) is 31.2 Å². The number of carbonyl (C=O) groups excluding carboxylic acids is 1. The first-order valence-corrected chi connectivity index (χ1v) is 14.1. The quantitative estimate of drug-likeness (QED) is 0.251. The molecular formula is C26H27BrClN3O5S.